The molecule has 9 heteroatoms. The van der Waals surface area contributed by atoms with Crippen LogP contribution in [0.5, 0.6) is 0 Å². The lowest BCUT2D eigenvalue weighted by molar-refractivity contribution is -0.139. The lowest BCUT2D eigenvalue weighted by Crippen LogP contribution is -2.52. The monoisotopic (exact) mass is 596 g/mol. The number of carbonyl (C=O) groups is 2. The zero-order chi connectivity index (χ0) is 26.9. The zero-order valence-electron chi connectivity index (χ0n) is 20.5. The van der Waals surface area contributed by atoms with Crippen LogP contribution in [0, 0.1) is 0 Å². The first-order chi connectivity index (χ1) is 17.6. The molecular formula is C28H28Cl4N2O2S. The van der Waals surface area contributed by atoms with Gasteiger partial charge in [0.05, 0.1) is 15.8 Å². The van der Waals surface area contributed by atoms with E-state index in [1.807, 2.05) is 56.3 Å². The third kappa shape index (κ3) is 9.12. The number of rotatable bonds is 11. The molecule has 0 bridgehead atoms. The third-order valence-corrected chi connectivity index (χ3v) is 7.83. The molecule has 3 aromatic rings. The van der Waals surface area contributed by atoms with Crippen LogP contribution >= 0.6 is 58.2 Å². The number of carbonyl (C=O) groups excluding carboxylic acids is 2. The minimum absolute atomic E-state index is 0.0749. The molecule has 4 nitrogen and oxygen atoms in total. The van der Waals surface area contributed by atoms with E-state index in [0.717, 1.165) is 16.7 Å². The Balaban J connectivity index is 1.87. The highest BCUT2D eigenvalue weighted by molar-refractivity contribution is 7.99. The van der Waals surface area contributed by atoms with E-state index in [1.165, 1.54) is 11.8 Å². The summed E-state index contributed by atoms with van der Waals surface area (Å²) in [5, 5.41) is 4.92. The molecule has 0 aliphatic rings. The van der Waals surface area contributed by atoms with E-state index in [9.17, 15) is 9.59 Å². The van der Waals surface area contributed by atoms with Crippen molar-refractivity contribution in [3.8, 4) is 0 Å². The van der Waals surface area contributed by atoms with E-state index in [0.29, 0.717) is 32.3 Å². The maximum absolute atomic E-state index is 13.7. The molecule has 196 valence electrons. The van der Waals surface area contributed by atoms with Gasteiger partial charge >= 0.3 is 0 Å². The van der Waals surface area contributed by atoms with Crippen LogP contribution in [0.1, 0.15) is 30.5 Å². The molecule has 0 aliphatic carbocycles. The molecule has 0 radical (unpaired) electrons. The quantitative estimate of drug-likeness (QED) is 0.246. The van der Waals surface area contributed by atoms with Crippen molar-refractivity contribution < 1.29 is 9.59 Å². The van der Waals surface area contributed by atoms with Crippen LogP contribution in [-0.2, 0) is 28.3 Å². The van der Waals surface area contributed by atoms with Crippen LogP contribution in [-0.4, -0.2) is 34.6 Å². The fourth-order valence-electron chi connectivity index (χ4n) is 3.74. The summed E-state index contributed by atoms with van der Waals surface area (Å²) in [4.78, 5) is 28.7. The van der Waals surface area contributed by atoms with E-state index in [2.05, 4.69) is 5.32 Å². The van der Waals surface area contributed by atoms with Gasteiger partial charge in [0.1, 0.15) is 6.04 Å². The van der Waals surface area contributed by atoms with Gasteiger partial charge in [0.25, 0.3) is 0 Å². The highest BCUT2D eigenvalue weighted by Gasteiger charge is 2.30. The Morgan fingerprint density at radius 3 is 2.24 bits per heavy atom. The highest BCUT2D eigenvalue weighted by atomic mass is 35.5. The predicted molar refractivity (Wildman–Crippen MR) is 157 cm³/mol. The number of amides is 2. The fourth-order valence-corrected chi connectivity index (χ4v) is 5.53. The summed E-state index contributed by atoms with van der Waals surface area (Å²) in [6, 6.07) is 19.4. The summed E-state index contributed by atoms with van der Waals surface area (Å²) in [6.45, 7) is 4.00. The molecule has 2 amide bonds. The van der Waals surface area contributed by atoms with Gasteiger partial charge in [0.2, 0.25) is 11.8 Å². The second-order valence-corrected chi connectivity index (χ2v) is 11.5. The number of benzene rings is 3. The van der Waals surface area contributed by atoms with Crippen LogP contribution in [0.2, 0.25) is 20.1 Å². The Morgan fingerprint density at radius 2 is 1.59 bits per heavy atom. The standard InChI is InChI=1S/C28H28Cl4N2O2S/c1-18(2)33-28(36)26(13-19-6-4-3-5-7-19)34(15-20-8-11-23(30)25(32)12-20)27(35)17-37-16-21-9-10-22(29)14-24(21)31/h3-12,14,18,26H,13,15-17H2,1-2H3,(H,33,36)/t26-/m1/s1. The molecule has 0 heterocycles. The molecule has 1 atom stereocenters. The zero-order valence-corrected chi connectivity index (χ0v) is 24.4. The molecule has 0 saturated heterocycles. The SMILES string of the molecule is CC(C)NC(=O)[C@@H](Cc1ccccc1)N(Cc1ccc(Cl)c(Cl)c1)C(=O)CSCc1ccc(Cl)cc1Cl. The maximum atomic E-state index is 13.7. The smallest absolute Gasteiger partial charge is 0.243 e. The average Bonchev–Trinajstić information content (AvgIpc) is 2.85. The Bertz CT molecular complexity index is 1220. The van der Waals surface area contributed by atoms with Crippen LogP contribution in [0.25, 0.3) is 0 Å². The number of hydrogen-bond donors (Lipinski definition) is 1. The Kier molecular flexibility index (Phi) is 11.5. The third-order valence-electron chi connectivity index (χ3n) is 5.54. The summed E-state index contributed by atoms with van der Waals surface area (Å²) < 4.78 is 0. The molecule has 0 saturated carbocycles. The fraction of sp³-hybridized carbons (Fsp3) is 0.286. The molecular weight excluding hydrogens is 570 g/mol. The Morgan fingerprint density at radius 1 is 0.865 bits per heavy atom. The summed E-state index contributed by atoms with van der Waals surface area (Å²) >= 11 is 26.1. The maximum Gasteiger partial charge on any atom is 0.243 e. The number of thioether (sulfide) groups is 1. The van der Waals surface area contributed by atoms with Gasteiger partial charge < -0.3 is 10.2 Å². The van der Waals surface area contributed by atoms with Gasteiger partial charge in [0, 0.05) is 34.8 Å². The van der Waals surface area contributed by atoms with E-state index in [-0.39, 0.29) is 30.2 Å². The van der Waals surface area contributed by atoms with Crippen molar-refractivity contribution in [3.05, 3.63) is 104 Å². The minimum Gasteiger partial charge on any atom is -0.352 e. The lowest BCUT2D eigenvalue weighted by atomic mass is 10.0. The first-order valence-corrected chi connectivity index (χ1v) is 14.4. The van der Waals surface area contributed by atoms with Gasteiger partial charge in [-0.15, -0.1) is 11.8 Å². The average molecular weight is 598 g/mol. The first-order valence-electron chi connectivity index (χ1n) is 11.7. The molecule has 37 heavy (non-hydrogen) atoms. The van der Waals surface area contributed by atoms with Gasteiger partial charge in [0.15, 0.2) is 0 Å². The van der Waals surface area contributed by atoms with Crippen molar-refractivity contribution in [3.63, 3.8) is 0 Å². The van der Waals surface area contributed by atoms with Gasteiger partial charge in [-0.25, -0.2) is 0 Å². The van der Waals surface area contributed by atoms with Gasteiger partial charge in [-0.05, 0) is 54.8 Å². The topological polar surface area (TPSA) is 49.4 Å². The van der Waals surface area contributed by atoms with Crippen LogP contribution in [0.15, 0.2) is 66.7 Å². The second kappa shape index (κ2) is 14.3. The van der Waals surface area contributed by atoms with Crippen molar-refractivity contribution >= 4 is 70.0 Å². The summed E-state index contributed by atoms with van der Waals surface area (Å²) in [5.74, 6) is 0.323. The van der Waals surface area contributed by atoms with E-state index in [4.69, 9.17) is 46.4 Å². The van der Waals surface area contributed by atoms with Gasteiger partial charge in [-0.3, -0.25) is 9.59 Å². The normalized spacial score (nSPS) is 11.9. The second-order valence-electron chi connectivity index (χ2n) is 8.87. The highest BCUT2D eigenvalue weighted by Crippen LogP contribution is 2.27. The molecule has 0 aromatic heterocycles. The predicted octanol–water partition coefficient (Wildman–Crippen LogP) is 7.70. The van der Waals surface area contributed by atoms with Crippen molar-refractivity contribution in [2.75, 3.05) is 5.75 Å². The van der Waals surface area contributed by atoms with Crippen LogP contribution in [0.3, 0.4) is 0 Å². The van der Waals surface area contributed by atoms with Crippen molar-refractivity contribution in [2.45, 2.75) is 44.6 Å². The lowest BCUT2D eigenvalue weighted by Gasteiger charge is -2.32. The van der Waals surface area contributed by atoms with Crippen LogP contribution < -0.4 is 5.32 Å². The molecule has 3 aromatic carbocycles. The first kappa shape index (κ1) is 29.7. The number of nitrogens with one attached hydrogen (secondary N) is 1. The van der Waals surface area contributed by atoms with Crippen molar-refractivity contribution in [1.29, 1.82) is 0 Å². The molecule has 0 aliphatic heterocycles. The summed E-state index contributed by atoms with van der Waals surface area (Å²) in [5.41, 5.74) is 2.63. The largest absolute Gasteiger partial charge is 0.352 e. The van der Waals surface area contributed by atoms with E-state index in [1.54, 1.807) is 29.2 Å². The van der Waals surface area contributed by atoms with Crippen molar-refractivity contribution in [1.82, 2.24) is 10.2 Å². The Labute approximate surface area is 242 Å². The summed E-state index contributed by atoms with van der Waals surface area (Å²) in [7, 11) is 0. The van der Waals surface area contributed by atoms with E-state index < -0.39 is 6.04 Å². The van der Waals surface area contributed by atoms with Crippen molar-refractivity contribution in [2.24, 2.45) is 0 Å². The number of nitrogens with zero attached hydrogens (tertiary/aromatic N) is 1. The van der Waals surface area contributed by atoms with Gasteiger partial charge in [-0.2, -0.15) is 0 Å². The molecule has 3 rings (SSSR count). The van der Waals surface area contributed by atoms with Gasteiger partial charge in [-0.1, -0.05) is 88.9 Å². The molecule has 1 N–H and O–H groups in total. The number of hydrogen-bond acceptors (Lipinski definition) is 3. The molecule has 0 fully saturated rings. The summed E-state index contributed by atoms with van der Waals surface area (Å²) in [6.07, 6.45) is 0.375. The van der Waals surface area contributed by atoms with Crippen LogP contribution in [0.4, 0.5) is 0 Å². The number of halogens is 4. The molecule has 0 unspecified atom stereocenters. The van der Waals surface area contributed by atoms with E-state index >= 15 is 0 Å². The minimum atomic E-state index is -0.716. The molecule has 0 spiro atoms. The Hall–Kier alpha value is -1.89.